The Morgan fingerprint density at radius 1 is 1.26 bits per heavy atom. The van der Waals surface area contributed by atoms with Gasteiger partial charge in [0, 0.05) is 6.04 Å². The van der Waals surface area contributed by atoms with Crippen molar-refractivity contribution in [3.8, 4) is 5.75 Å². The van der Waals surface area contributed by atoms with Gasteiger partial charge in [0.25, 0.3) is 0 Å². The van der Waals surface area contributed by atoms with E-state index in [1.165, 1.54) is 12.0 Å². The summed E-state index contributed by atoms with van der Waals surface area (Å²) in [6.07, 6.45) is 6.57. The monoisotopic (exact) mass is 261 g/mol. The van der Waals surface area contributed by atoms with Crippen LogP contribution < -0.4 is 10.1 Å². The highest BCUT2D eigenvalue weighted by Crippen LogP contribution is 2.22. The van der Waals surface area contributed by atoms with Crippen LogP contribution in [-0.4, -0.2) is 13.2 Å². The van der Waals surface area contributed by atoms with E-state index in [-0.39, 0.29) is 0 Å². The van der Waals surface area contributed by atoms with Crippen LogP contribution in [0.3, 0.4) is 0 Å². The summed E-state index contributed by atoms with van der Waals surface area (Å²) >= 11 is 0. The van der Waals surface area contributed by atoms with E-state index < -0.39 is 0 Å². The van der Waals surface area contributed by atoms with Crippen molar-refractivity contribution in [1.29, 1.82) is 0 Å². The molecule has 1 atom stereocenters. The summed E-state index contributed by atoms with van der Waals surface area (Å²) in [4.78, 5) is 0. The number of rotatable bonds is 10. The van der Waals surface area contributed by atoms with Crippen LogP contribution in [0.2, 0.25) is 0 Å². The Kier molecular flexibility index (Phi) is 7.99. The van der Waals surface area contributed by atoms with Crippen LogP contribution in [0.15, 0.2) is 36.9 Å². The SMILES string of the molecule is C=CCCCC(NCCC)c1ccc(OCC)cc1. The van der Waals surface area contributed by atoms with Crippen molar-refractivity contribution >= 4 is 0 Å². The predicted molar refractivity (Wildman–Crippen MR) is 82.7 cm³/mol. The maximum atomic E-state index is 5.49. The smallest absolute Gasteiger partial charge is 0.119 e. The third-order valence-electron chi connectivity index (χ3n) is 3.14. The topological polar surface area (TPSA) is 21.3 Å². The normalized spacial score (nSPS) is 12.1. The maximum Gasteiger partial charge on any atom is 0.119 e. The minimum absolute atomic E-state index is 0.440. The largest absolute Gasteiger partial charge is 0.494 e. The van der Waals surface area contributed by atoms with Gasteiger partial charge in [-0.25, -0.2) is 0 Å². The summed E-state index contributed by atoms with van der Waals surface area (Å²) in [6.45, 7) is 9.78. The summed E-state index contributed by atoms with van der Waals surface area (Å²) < 4.78 is 5.49. The van der Waals surface area contributed by atoms with Crippen LogP contribution in [-0.2, 0) is 0 Å². The highest BCUT2D eigenvalue weighted by atomic mass is 16.5. The number of unbranched alkanes of at least 4 members (excludes halogenated alkanes) is 1. The average molecular weight is 261 g/mol. The van der Waals surface area contributed by atoms with Crippen molar-refractivity contribution in [3.63, 3.8) is 0 Å². The molecular weight excluding hydrogens is 234 g/mol. The Morgan fingerprint density at radius 2 is 2.00 bits per heavy atom. The first-order chi connectivity index (χ1) is 9.31. The first-order valence-electron chi connectivity index (χ1n) is 7.38. The molecule has 2 heteroatoms. The molecule has 0 aromatic heterocycles. The quantitative estimate of drug-likeness (QED) is 0.495. The van der Waals surface area contributed by atoms with Crippen LogP contribution >= 0.6 is 0 Å². The second-order valence-corrected chi connectivity index (χ2v) is 4.73. The van der Waals surface area contributed by atoms with Crippen LogP contribution in [0, 0.1) is 0 Å². The molecule has 106 valence electrons. The van der Waals surface area contributed by atoms with Gasteiger partial charge in [-0.15, -0.1) is 6.58 Å². The second-order valence-electron chi connectivity index (χ2n) is 4.73. The Labute approximate surface area is 117 Å². The number of ether oxygens (including phenoxy) is 1. The third kappa shape index (κ3) is 5.93. The van der Waals surface area contributed by atoms with E-state index in [1.54, 1.807) is 0 Å². The van der Waals surface area contributed by atoms with Crippen molar-refractivity contribution in [2.75, 3.05) is 13.2 Å². The zero-order chi connectivity index (χ0) is 13.9. The molecule has 0 saturated heterocycles. The number of allylic oxidation sites excluding steroid dienone is 1. The van der Waals surface area contributed by atoms with E-state index >= 15 is 0 Å². The van der Waals surface area contributed by atoms with E-state index in [0.29, 0.717) is 6.04 Å². The van der Waals surface area contributed by atoms with Gasteiger partial charge in [0.05, 0.1) is 6.61 Å². The van der Waals surface area contributed by atoms with Gasteiger partial charge < -0.3 is 10.1 Å². The van der Waals surface area contributed by atoms with Gasteiger partial charge in [0.15, 0.2) is 0 Å². The molecule has 0 fully saturated rings. The number of hydrogen-bond donors (Lipinski definition) is 1. The van der Waals surface area contributed by atoms with Gasteiger partial charge in [0.1, 0.15) is 5.75 Å². The molecule has 0 radical (unpaired) electrons. The third-order valence-corrected chi connectivity index (χ3v) is 3.14. The van der Waals surface area contributed by atoms with E-state index in [1.807, 2.05) is 13.0 Å². The number of benzene rings is 1. The molecular formula is C17H27NO. The van der Waals surface area contributed by atoms with Crippen molar-refractivity contribution in [2.24, 2.45) is 0 Å². The average Bonchev–Trinajstić information content (AvgIpc) is 2.44. The first-order valence-corrected chi connectivity index (χ1v) is 7.38. The zero-order valence-corrected chi connectivity index (χ0v) is 12.3. The van der Waals surface area contributed by atoms with Crippen LogP contribution in [0.5, 0.6) is 5.75 Å². The Balaban J connectivity index is 2.63. The molecule has 1 unspecified atom stereocenters. The summed E-state index contributed by atoms with van der Waals surface area (Å²) in [6, 6.07) is 8.91. The van der Waals surface area contributed by atoms with Gasteiger partial charge in [-0.05, 0) is 56.8 Å². The van der Waals surface area contributed by atoms with E-state index in [4.69, 9.17) is 4.74 Å². The minimum atomic E-state index is 0.440. The lowest BCUT2D eigenvalue weighted by Crippen LogP contribution is -2.22. The molecule has 2 nitrogen and oxygen atoms in total. The Bertz CT molecular complexity index is 345. The van der Waals surface area contributed by atoms with Crippen molar-refractivity contribution in [1.82, 2.24) is 5.32 Å². The van der Waals surface area contributed by atoms with Gasteiger partial charge >= 0.3 is 0 Å². The zero-order valence-electron chi connectivity index (χ0n) is 12.3. The molecule has 0 heterocycles. The molecule has 0 amide bonds. The highest BCUT2D eigenvalue weighted by molar-refractivity contribution is 5.29. The summed E-state index contributed by atoms with van der Waals surface area (Å²) in [5.41, 5.74) is 1.35. The predicted octanol–water partition coefficient (Wildman–Crippen LogP) is 4.48. The molecule has 0 saturated carbocycles. The van der Waals surface area contributed by atoms with Gasteiger partial charge in [-0.3, -0.25) is 0 Å². The van der Waals surface area contributed by atoms with Crippen molar-refractivity contribution < 1.29 is 4.74 Å². The van der Waals surface area contributed by atoms with E-state index in [9.17, 15) is 0 Å². The molecule has 0 spiro atoms. The Hall–Kier alpha value is -1.28. The molecule has 0 aliphatic carbocycles. The maximum absolute atomic E-state index is 5.49. The lowest BCUT2D eigenvalue weighted by molar-refractivity contribution is 0.340. The summed E-state index contributed by atoms with van der Waals surface area (Å²) in [5.74, 6) is 0.951. The van der Waals surface area contributed by atoms with Crippen molar-refractivity contribution in [2.45, 2.75) is 45.6 Å². The van der Waals surface area contributed by atoms with Crippen LogP contribution in [0.25, 0.3) is 0 Å². The van der Waals surface area contributed by atoms with Crippen LogP contribution in [0.1, 0.15) is 51.1 Å². The lowest BCUT2D eigenvalue weighted by Gasteiger charge is -2.19. The van der Waals surface area contributed by atoms with Gasteiger partial charge in [0.2, 0.25) is 0 Å². The van der Waals surface area contributed by atoms with E-state index in [0.717, 1.165) is 38.2 Å². The molecule has 0 aliphatic rings. The molecule has 19 heavy (non-hydrogen) atoms. The standard InChI is InChI=1S/C17H27NO/c1-4-7-8-9-17(18-14-5-2)15-10-12-16(13-11-15)19-6-3/h4,10-13,17-18H,1,5-9,14H2,2-3H3. The highest BCUT2D eigenvalue weighted by Gasteiger charge is 2.10. The summed E-state index contributed by atoms with van der Waals surface area (Å²) in [7, 11) is 0. The second kappa shape index (κ2) is 9.62. The lowest BCUT2D eigenvalue weighted by atomic mass is 10.0. The van der Waals surface area contributed by atoms with Crippen LogP contribution in [0.4, 0.5) is 0 Å². The molecule has 1 aromatic carbocycles. The molecule has 1 N–H and O–H groups in total. The fraction of sp³-hybridized carbons (Fsp3) is 0.529. The van der Waals surface area contributed by atoms with Crippen molar-refractivity contribution in [3.05, 3.63) is 42.5 Å². The van der Waals surface area contributed by atoms with E-state index in [2.05, 4.69) is 43.1 Å². The fourth-order valence-corrected chi connectivity index (χ4v) is 2.13. The first kappa shape index (κ1) is 15.8. The van der Waals surface area contributed by atoms with Gasteiger partial charge in [-0.1, -0.05) is 25.1 Å². The van der Waals surface area contributed by atoms with Gasteiger partial charge in [-0.2, -0.15) is 0 Å². The Morgan fingerprint density at radius 3 is 2.58 bits per heavy atom. The molecule has 0 aliphatic heterocycles. The fourth-order valence-electron chi connectivity index (χ4n) is 2.13. The molecule has 1 aromatic rings. The minimum Gasteiger partial charge on any atom is -0.494 e. The number of nitrogens with one attached hydrogen (secondary N) is 1. The number of hydrogen-bond acceptors (Lipinski definition) is 2. The molecule has 1 rings (SSSR count). The molecule has 0 bridgehead atoms. The summed E-state index contributed by atoms with van der Waals surface area (Å²) in [5, 5.41) is 3.62.